The lowest BCUT2D eigenvalue weighted by molar-refractivity contribution is -0.135. The Balaban J connectivity index is 0.000000226. The quantitative estimate of drug-likeness (QED) is 0.329. The molecule has 6 rings (SSSR count). The maximum Gasteiger partial charge on any atom is 0.252 e. The van der Waals surface area contributed by atoms with E-state index in [0.717, 1.165) is 35.6 Å². The van der Waals surface area contributed by atoms with Crippen molar-refractivity contribution in [2.24, 2.45) is 0 Å². The number of hydrogen-bond acceptors (Lipinski definition) is 5. The minimum Gasteiger partial charge on any atom is -0.399 e. The second-order valence-corrected chi connectivity index (χ2v) is 10.7. The van der Waals surface area contributed by atoms with Crippen molar-refractivity contribution in [3.63, 3.8) is 0 Å². The van der Waals surface area contributed by atoms with Gasteiger partial charge < -0.3 is 11.1 Å². The smallest absolute Gasteiger partial charge is 0.252 e. The summed E-state index contributed by atoms with van der Waals surface area (Å²) in [5.41, 5.74) is 5.86. The van der Waals surface area contributed by atoms with Crippen LogP contribution in [0, 0.1) is 11.6 Å². The summed E-state index contributed by atoms with van der Waals surface area (Å²) < 4.78 is 54.1. The van der Waals surface area contributed by atoms with Gasteiger partial charge in [0.15, 0.2) is 5.54 Å². The van der Waals surface area contributed by atoms with E-state index in [1.54, 1.807) is 47.5 Å². The number of anilines is 3. The van der Waals surface area contributed by atoms with Gasteiger partial charge in [-0.3, -0.25) is 24.2 Å². The number of carbonyl (C=O) groups excluding carboxylic acids is 3. The van der Waals surface area contributed by atoms with Gasteiger partial charge in [-0.25, -0.2) is 22.5 Å². The number of benzene rings is 2. The molecule has 2 aliphatic carbocycles. The summed E-state index contributed by atoms with van der Waals surface area (Å²) in [6.45, 7) is 0.759. The lowest BCUT2D eigenvalue weighted by atomic mass is 9.84. The third-order valence-corrected chi connectivity index (χ3v) is 7.78. The average Bonchev–Trinajstić information content (AvgIpc) is 3.53. The predicted octanol–water partition coefficient (Wildman–Crippen LogP) is 4.47. The van der Waals surface area contributed by atoms with Crippen LogP contribution in [0.25, 0.3) is 0 Å². The number of fused-ring (bicyclic) bond motifs is 1. The number of rotatable bonds is 6. The van der Waals surface area contributed by atoms with Crippen LogP contribution in [0.15, 0.2) is 60.8 Å². The van der Waals surface area contributed by atoms with Gasteiger partial charge in [0.2, 0.25) is 12.3 Å². The molecule has 0 spiro atoms. The van der Waals surface area contributed by atoms with Gasteiger partial charge in [-0.2, -0.15) is 0 Å². The average molecular weight is 584 g/mol. The van der Waals surface area contributed by atoms with Crippen LogP contribution in [0.1, 0.15) is 43.2 Å². The number of nitrogens with two attached hydrogens (primary N) is 1. The zero-order valence-corrected chi connectivity index (χ0v) is 22.5. The number of amides is 3. The van der Waals surface area contributed by atoms with Gasteiger partial charge in [0.05, 0.1) is 5.69 Å². The van der Waals surface area contributed by atoms with Crippen LogP contribution >= 0.6 is 0 Å². The Morgan fingerprint density at radius 2 is 1.79 bits per heavy atom. The van der Waals surface area contributed by atoms with E-state index in [9.17, 15) is 31.9 Å². The SMILES string of the molecule is Nc1ccnc(N2CCCC2=O)c1.O=CN(c1cc(F)cc(F)c1)C1(C(=O)NC2CC(F)(F)C2)CCc2ccccc21. The van der Waals surface area contributed by atoms with Gasteiger partial charge in [0, 0.05) is 55.9 Å². The predicted molar refractivity (Wildman–Crippen MR) is 148 cm³/mol. The van der Waals surface area contributed by atoms with Crippen molar-refractivity contribution in [1.29, 1.82) is 0 Å². The molecule has 8 nitrogen and oxygen atoms in total. The second kappa shape index (κ2) is 11.4. The first-order valence-corrected chi connectivity index (χ1v) is 13.5. The van der Waals surface area contributed by atoms with Crippen molar-refractivity contribution in [3.05, 3.63) is 83.6 Å². The van der Waals surface area contributed by atoms with Crippen molar-refractivity contribution in [2.45, 2.75) is 56.0 Å². The number of carbonyl (C=O) groups is 3. The molecule has 2 heterocycles. The summed E-state index contributed by atoms with van der Waals surface area (Å²) in [5, 5.41) is 2.60. The number of aryl methyl sites for hydroxylation is 1. The normalized spacial score (nSPS) is 20.7. The number of nitrogens with one attached hydrogen (secondary N) is 1. The Labute approximate surface area is 239 Å². The van der Waals surface area contributed by atoms with Crippen molar-refractivity contribution in [1.82, 2.24) is 10.3 Å². The summed E-state index contributed by atoms with van der Waals surface area (Å²) in [7, 11) is 0. The third kappa shape index (κ3) is 5.65. The number of aromatic nitrogens is 1. The lowest BCUT2D eigenvalue weighted by Crippen LogP contribution is -2.60. The maximum absolute atomic E-state index is 13.8. The Kier molecular flexibility index (Phi) is 7.89. The molecule has 3 N–H and O–H groups in total. The standard InChI is InChI=1S/C21H18F4N2O2.C9H11N3O/c22-14-7-15(23)9-17(8-14)27(12-28)21(6-5-13-3-1-2-4-18(13)21)19(29)26-16-10-20(24,25)11-16;10-7-3-4-11-8(6-7)12-5-1-2-9(12)13/h1-4,7-9,12,16H,5-6,10-11H2,(H,26,29);3-4,6H,1-2,5H2,(H2,10,11). The van der Waals surface area contributed by atoms with Crippen LogP contribution in [-0.2, 0) is 26.3 Å². The zero-order valence-electron chi connectivity index (χ0n) is 22.5. The number of nitrogens with zero attached hydrogens (tertiary/aromatic N) is 3. The number of hydrogen-bond donors (Lipinski definition) is 2. The van der Waals surface area contributed by atoms with Crippen LogP contribution in [0.5, 0.6) is 0 Å². The fraction of sp³-hybridized carbons (Fsp3) is 0.333. The number of alkyl halides is 2. The Morgan fingerprint density at radius 3 is 2.40 bits per heavy atom. The molecule has 0 radical (unpaired) electrons. The molecule has 1 saturated carbocycles. The summed E-state index contributed by atoms with van der Waals surface area (Å²) in [6, 6.07) is 12.3. The first-order chi connectivity index (χ1) is 20.0. The molecule has 42 heavy (non-hydrogen) atoms. The molecule has 1 unspecified atom stereocenters. The van der Waals surface area contributed by atoms with E-state index in [4.69, 9.17) is 5.73 Å². The molecular formula is C30H29F4N5O3. The van der Waals surface area contributed by atoms with Crippen molar-refractivity contribution in [3.8, 4) is 0 Å². The Bertz CT molecular complexity index is 1490. The largest absolute Gasteiger partial charge is 0.399 e. The molecule has 1 saturated heterocycles. The highest BCUT2D eigenvalue weighted by atomic mass is 19.3. The number of pyridine rings is 1. The van der Waals surface area contributed by atoms with Gasteiger partial charge in [-0.05, 0) is 48.6 Å². The van der Waals surface area contributed by atoms with Gasteiger partial charge >= 0.3 is 0 Å². The molecule has 0 bridgehead atoms. The Morgan fingerprint density at radius 1 is 1.07 bits per heavy atom. The lowest BCUT2D eigenvalue weighted by Gasteiger charge is -2.42. The van der Waals surface area contributed by atoms with Crippen LogP contribution in [-0.4, -0.2) is 41.7 Å². The minimum atomic E-state index is -2.82. The molecular weight excluding hydrogens is 554 g/mol. The summed E-state index contributed by atoms with van der Waals surface area (Å²) in [6.07, 6.45) is 3.16. The van der Waals surface area contributed by atoms with E-state index < -0.39 is 47.9 Å². The topological polar surface area (TPSA) is 109 Å². The van der Waals surface area contributed by atoms with Crippen LogP contribution < -0.4 is 20.9 Å². The first-order valence-electron chi connectivity index (χ1n) is 13.5. The zero-order chi connectivity index (χ0) is 30.1. The van der Waals surface area contributed by atoms with Crippen LogP contribution in [0.4, 0.5) is 34.8 Å². The molecule has 3 aliphatic rings. The van der Waals surface area contributed by atoms with Crippen molar-refractivity contribution >= 4 is 35.4 Å². The molecule has 3 amide bonds. The maximum atomic E-state index is 13.8. The second-order valence-electron chi connectivity index (χ2n) is 10.7. The molecule has 2 aromatic carbocycles. The highest BCUT2D eigenvalue weighted by Crippen LogP contribution is 2.45. The van der Waals surface area contributed by atoms with E-state index in [-0.39, 0.29) is 18.0 Å². The van der Waals surface area contributed by atoms with Gasteiger partial charge in [-0.15, -0.1) is 0 Å². The summed E-state index contributed by atoms with van der Waals surface area (Å²) in [4.78, 5) is 43.5. The van der Waals surface area contributed by atoms with Gasteiger partial charge in [0.25, 0.3) is 11.8 Å². The van der Waals surface area contributed by atoms with Gasteiger partial charge in [-0.1, -0.05) is 24.3 Å². The highest BCUT2D eigenvalue weighted by Gasteiger charge is 2.53. The van der Waals surface area contributed by atoms with Crippen molar-refractivity contribution < 1.29 is 31.9 Å². The third-order valence-electron chi connectivity index (χ3n) is 7.78. The first kappa shape index (κ1) is 29.0. The summed E-state index contributed by atoms with van der Waals surface area (Å²) in [5.74, 6) is -4.45. The van der Waals surface area contributed by atoms with Crippen LogP contribution in [0.2, 0.25) is 0 Å². The fourth-order valence-electron chi connectivity index (χ4n) is 5.78. The molecule has 1 aromatic heterocycles. The highest BCUT2D eigenvalue weighted by molar-refractivity contribution is 5.98. The molecule has 2 fully saturated rings. The van der Waals surface area contributed by atoms with E-state index >= 15 is 0 Å². The molecule has 3 aromatic rings. The fourth-order valence-corrected chi connectivity index (χ4v) is 5.78. The van der Waals surface area contributed by atoms with Crippen LogP contribution in [0.3, 0.4) is 0 Å². The Hall–Kier alpha value is -4.48. The number of halogens is 4. The van der Waals surface area contributed by atoms with Crippen molar-refractivity contribution in [2.75, 3.05) is 22.1 Å². The van der Waals surface area contributed by atoms with E-state index in [0.29, 0.717) is 42.4 Å². The molecule has 12 heteroatoms. The van der Waals surface area contributed by atoms with E-state index in [2.05, 4.69) is 10.3 Å². The number of nitrogen functional groups attached to an aromatic ring is 1. The summed E-state index contributed by atoms with van der Waals surface area (Å²) >= 11 is 0. The van der Waals surface area contributed by atoms with Gasteiger partial charge in [0.1, 0.15) is 17.5 Å². The molecule has 1 atom stereocenters. The monoisotopic (exact) mass is 583 g/mol. The minimum absolute atomic E-state index is 0.122. The molecule has 1 aliphatic heterocycles. The molecule has 220 valence electrons. The van der Waals surface area contributed by atoms with E-state index in [1.807, 2.05) is 0 Å². The van der Waals surface area contributed by atoms with E-state index in [1.165, 1.54) is 0 Å².